The van der Waals surface area contributed by atoms with Crippen molar-refractivity contribution in [2.45, 2.75) is 39.0 Å². The number of thiazole rings is 1. The minimum absolute atomic E-state index is 1.06. The molecule has 1 N–H and O–H groups in total. The summed E-state index contributed by atoms with van der Waals surface area (Å²) >= 11 is 1.68. The second kappa shape index (κ2) is 7.95. The van der Waals surface area contributed by atoms with E-state index in [1.54, 1.807) is 11.3 Å². The van der Waals surface area contributed by atoms with Gasteiger partial charge >= 0.3 is 0 Å². The summed E-state index contributed by atoms with van der Waals surface area (Å²) in [6.45, 7) is 3.31. The van der Waals surface area contributed by atoms with E-state index in [2.05, 4.69) is 41.5 Å². The first-order valence-electron chi connectivity index (χ1n) is 7.14. The normalized spacial score (nSPS) is 10.6. The van der Waals surface area contributed by atoms with Gasteiger partial charge in [0, 0.05) is 29.4 Å². The Hall–Kier alpha value is -1.35. The fourth-order valence-electron chi connectivity index (χ4n) is 2.09. The molecule has 2 rings (SSSR count). The first kappa shape index (κ1) is 14.1. The van der Waals surface area contributed by atoms with Gasteiger partial charge in [-0.1, -0.05) is 44.7 Å². The van der Waals surface area contributed by atoms with Crippen molar-refractivity contribution in [3.8, 4) is 10.6 Å². The third-order valence-electron chi connectivity index (χ3n) is 3.15. The average Bonchev–Trinajstić information content (AvgIpc) is 2.97. The van der Waals surface area contributed by atoms with Crippen molar-refractivity contribution in [3.63, 3.8) is 0 Å². The minimum atomic E-state index is 1.06. The second-order valence-electron chi connectivity index (χ2n) is 4.76. The highest BCUT2D eigenvalue weighted by atomic mass is 32.1. The zero-order valence-corrected chi connectivity index (χ0v) is 12.4. The smallest absolute Gasteiger partial charge is 0.123 e. The van der Waals surface area contributed by atoms with Crippen LogP contribution < -0.4 is 5.32 Å². The number of benzene rings is 1. The maximum absolute atomic E-state index is 4.35. The summed E-state index contributed by atoms with van der Waals surface area (Å²) in [6.07, 6.45) is 8.46. The monoisotopic (exact) mass is 274 g/mol. The van der Waals surface area contributed by atoms with E-state index in [-0.39, 0.29) is 0 Å². The lowest BCUT2D eigenvalue weighted by molar-refractivity contribution is 0.645. The summed E-state index contributed by atoms with van der Waals surface area (Å²) in [5.74, 6) is 0. The zero-order chi connectivity index (χ0) is 13.3. The number of aromatic nitrogens is 1. The highest BCUT2D eigenvalue weighted by molar-refractivity contribution is 7.13. The van der Waals surface area contributed by atoms with Crippen LogP contribution in [-0.4, -0.2) is 11.5 Å². The van der Waals surface area contributed by atoms with Crippen LogP contribution in [0.5, 0.6) is 0 Å². The minimum Gasteiger partial charge on any atom is -0.385 e. The molecule has 2 nitrogen and oxygen atoms in total. The largest absolute Gasteiger partial charge is 0.385 e. The van der Waals surface area contributed by atoms with E-state index >= 15 is 0 Å². The fourth-order valence-corrected chi connectivity index (χ4v) is 2.72. The molecular formula is C16H22N2S. The highest BCUT2D eigenvalue weighted by Gasteiger charge is 2.01. The van der Waals surface area contributed by atoms with Crippen molar-refractivity contribution in [2.75, 3.05) is 11.9 Å². The Morgan fingerprint density at radius 3 is 2.84 bits per heavy atom. The van der Waals surface area contributed by atoms with Crippen LogP contribution in [0.2, 0.25) is 0 Å². The van der Waals surface area contributed by atoms with E-state index in [0.29, 0.717) is 0 Å². The van der Waals surface area contributed by atoms with Gasteiger partial charge < -0.3 is 5.32 Å². The van der Waals surface area contributed by atoms with E-state index in [0.717, 1.165) is 11.6 Å². The topological polar surface area (TPSA) is 24.9 Å². The van der Waals surface area contributed by atoms with Gasteiger partial charge in [-0.2, -0.15) is 0 Å². The molecule has 2 aromatic rings. The van der Waals surface area contributed by atoms with E-state index in [1.165, 1.54) is 43.4 Å². The quantitative estimate of drug-likeness (QED) is 0.670. The molecule has 0 amide bonds. The van der Waals surface area contributed by atoms with Gasteiger partial charge in [0.1, 0.15) is 5.01 Å². The maximum Gasteiger partial charge on any atom is 0.123 e. The van der Waals surface area contributed by atoms with Crippen molar-refractivity contribution in [3.05, 3.63) is 35.8 Å². The van der Waals surface area contributed by atoms with Gasteiger partial charge in [0.25, 0.3) is 0 Å². The Labute approximate surface area is 119 Å². The van der Waals surface area contributed by atoms with Crippen LogP contribution in [0.25, 0.3) is 10.6 Å². The van der Waals surface area contributed by atoms with Gasteiger partial charge in [-0.15, -0.1) is 11.3 Å². The van der Waals surface area contributed by atoms with Crippen molar-refractivity contribution in [1.29, 1.82) is 0 Å². The Morgan fingerprint density at radius 1 is 1.16 bits per heavy atom. The Kier molecular flexibility index (Phi) is 5.89. The molecule has 0 aliphatic rings. The van der Waals surface area contributed by atoms with E-state index in [9.17, 15) is 0 Å². The highest BCUT2D eigenvalue weighted by Crippen LogP contribution is 2.24. The van der Waals surface area contributed by atoms with Crippen molar-refractivity contribution < 1.29 is 0 Å². The first-order valence-corrected chi connectivity index (χ1v) is 8.02. The number of hydrogen-bond acceptors (Lipinski definition) is 3. The molecule has 0 aliphatic heterocycles. The molecule has 1 aromatic heterocycles. The summed E-state index contributed by atoms with van der Waals surface area (Å²) in [4.78, 5) is 4.35. The average molecular weight is 274 g/mol. The second-order valence-corrected chi connectivity index (χ2v) is 5.65. The lowest BCUT2D eigenvalue weighted by atomic mass is 10.1. The van der Waals surface area contributed by atoms with Crippen molar-refractivity contribution in [2.24, 2.45) is 0 Å². The molecule has 0 saturated heterocycles. The SMILES string of the molecule is CCCCCCCNc1cccc(-c2nccs2)c1. The van der Waals surface area contributed by atoms with Gasteiger partial charge in [-0.05, 0) is 18.6 Å². The summed E-state index contributed by atoms with van der Waals surface area (Å²) in [6, 6.07) is 8.52. The van der Waals surface area contributed by atoms with Gasteiger partial charge in [-0.25, -0.2) is 4.98 Å². The van der Waals surface area contributed by atoms with Crippen LogP contribution in [0.1, 0.15) is 39.0 Å². The van der Waals surface area contributed by atoms with Gasteiger partial charge in [0.05, 0.1) is 0 Å². The van der Waals surface area contributed by atoms with Gasteiger partial charge in [-0.3, -0.25) is 0 Å². The summed E-state index contributed by atoms with van der Waals surface area (Å²) in [5, 5.41) is 6.61. The predicted molar refractivity (Wildman–Crippen MR) is 84.8 cm³/mol. The molecule has 0 atom stereocenters. The van der Waals surface area contributed by atoms with E-state index in [1.807, 2.05) is 11.6 Å². The van der Waals surface area contributed by atoms with Crippen LogP contribution in [0.3, 0.4) is 0 Å². The molecule has 19 heavy (non-hydrogen) atoms. The molecule has 1 aromatic carbocycles. The molecule has 102 valence electrons. The molecule has 3 heteroatoms. The number of rotatable bonds is 8. The first-order chi connectivity index (χ1) is 9.40. The third kappa shape index (κ3) is 4.67. The molecular weight excluding hydrogens is 252 g/mol. The zero-order valence-electron chi connectivity index (χ0n) is 11.6. The summed E-state index contributed by atoms with van der Waals surface area (Å²) in [5.41, 5.74) is 2.40. The molecule has 0 aliphatic carbocycles. The van der Waals surface area contributed by atoms with E-state index in [4.69, 9.17) is 0 Å². The molecule has 0 saturated carbocycles. The third-order valence-corrected chi connectivity index (χ3v) is 3.97. The molecule has 1 heterocycles. The van der Waals surface area contributed by atoms with Crippen molar-refractivity contribution >= 4 is 17.0 Å². The van der Waals surface area contributed by atoms with Crippen LogP contribution in [0, 0.1) is 0 Å². The number of unbranched alkanes of at least 4 members (excludes halogenated alkanes) is 4. The standard InChI is InChI=1S/C16H22N2S/c1-2-3-4-5-6-10-17-15-9-7-8-14(13-15)16-18-11-12-19-16/h7-9,11-13,17H,2-6,10H2,1H3. The lowest BCUT2D eigenvalue weighted by Crippen LogP contribution is -2.01. The molecule has 0 fully saturated rings. The molecule has 0 radical (unpaired) electrons. The molecule has 0 spiro atoms. The van der Waals surface area contributed by atoms with E-state index < -0.39 is 0 Å². The van der Waals surface area contributed by atoms with Crippen LogP contribution in [-0.2, 0) is 0 Å². The number of anilines is 1. The van der Waals surface area contributed by atoms with Crippen molar-refractivity contribution in [1.82, 2.24) is 4.98 Å². The summed E-state index contributed by atoms with van der Waals surface area (Å²) in [7, 11) is 0. The number of nitrogens with zero attached hydrogens (tertiary/aromatic N) is 1. The Morgan fingerprint density at radius 2 is 2.05 bits per heavy atom. The van der Waals surface area contributed by atoms with Gasteiger partial charge in [0.2, 0.25) is 0 Å². The van der Waals surface area contributed by atoms with Crippen LogP contribution in [0.15, 0.2) is 35.8 Å². The fraction of sp³-hybridized carbons (Fsp3) is 0.438. The Bertz CT molecular complexity index is 465. The molecule has 0 bridgehead atoms. The Balaban J connectivity index is 1.79. The van der Waals surface area contributed by atoms with Gasteiger partial charge in [0.15, 0.2) is 0 Å². The van der Waals surface area contributed by atoms with Crippen LogP contribution in [0.4, 0.5) is 5.69 Å². The predicted octanol–water partition coefficient (Wildman–Crippen LogP) is 5.19. The molecule has 0 unspecified atom stereocenters. The summed E-state index contributed by atoms with van der Waals surface area (Å²) < 4.78 is 0. The number of nitrogens with one attached hydrogen (secondary N) is 1. The number of hydrogen-bond donors (Lipinski definition) is 1. The lowest BCUT2D eigenvalue weighted by Gasteiger charge is -2.07. The maximum atomic E-state index is 4.35. The van der Waals surface area contributed by atoms with Crippen LogP contribution >= 0.6 is 11.3 Å².